The van der Waals surface area contributed by atoms with Crippen LogP contribution in [0.5, 0.6) is 0 Å². The number of rotatable bonds is 5. The van der Waals surface area contributed by atoms with Crippen LogP contribution in [0.4, 0.5) is 5.82 Å². The van der Waals surface area contributed by atoms with Crippen LogP contribution >= 0.6 is 11.8 Å². The Balaban J connectivity index is 1.34. The number of H-pyrrole nitrogens is 1. The number of thioether (sulfide) groups is 1. The van der Waals surface area contributed by atoms with Gasteiger partial charge in [-0.3, -0.25) is 9.59 Å². The predicted molar refractivity (Wildman–Crippen MR) is 137 cm³/mol. The van der Waals surface area contributed by atoms with E-state index >= 15 is 0 Å². The standard InChI is InChI=1S/C26H19N5O4S/c1-13-14(2)34-25-19(13)22(29-23(32)15-8-4-3-5-9-15)30-26(31-25)36-12-18-27-20-16-10-6-7-11-17(16)35-21(20)24(33)28-18/h3-11H,12H2,1-2H3,(H,27,28,33)(H,29,30,31,32). The molecule has 0 aliphatic heterocycles. The third kappa shape index (κ3) is 3.81. The zero-order chi connectivity index (χ0) is 24.8. The molecule has 0 aliphatic rings. The summed E-state index contributed by atoms with van der Waals surface area (Å²) in [7, 11) is 0. The molecule has 0 unspecified atom stereocenters. The summed E-state index contributed by atoms with van der Waals surface area (Å²) in [6.07, 6.45) is 0. The Bertz CT molecular complexity index is 1840. The van der Waals surface area contributed by atoms with Crippen molar-refractivity contribution in [3.63, 3.8) is 0 Å². The molecule has 178 valence electrons. The lowest BCUT2D eigenvalue weighted by atomic mass is 10.2. The number of aryl methyl sites for hydroxylation is 2. The molecule has 0 atom stereocenters. The van der Waals surface area contributed by atoms with Crippen molar-refractivity contribution in [1.29, 1.82) is 0 Å². The van der Waals surface area contributed by atoms with Crippen molar-refractivity contribution in [3.05, 3.63) is 87.7 Å². The molecular formula is C26H19N5O4S. The molecule has 0 saturated heterocycles. The summed E-state index contributed by atoms with van der Waals surface area (Å²) in [5.41, 5.74) is 2.70. The Hall–Kier alpha value is -4.44. The fraction of sp³-hybridized carbons (Fsp3) is 0.115. The molecule has 0 spiro atoms. The van der Waals surface area contributed by atoms with E-state index in [-0.39, 0.29) is 17.0 Å². The summed E-state index contributed by atoms with van der Waals surface area (Å²) in [6.45, 7) is 3.74. The van der Waals surface area contributed by atoms with Gasteiger partial charge in [-0.15, -0.1) is 0 Å². The molecule has 4 aromatic heterocycles. The van der Waals surface area contributed by atoms with E-state index < -0.39 is 0 Å². The van der Waals surface area contributed by atoms with Crippen LogP contribution in [0.1, 0.15) is 27.5 Å². The minimum absolute atomic E-state index is 0.190. The van der Waals surface area contributed by atoms with Crippen molar-refractivity contribution in [2.45, 2.75) is 24.8 Å². The van der Waals surface area contributed by atoms with Crippen molar-refractivity contribution >= 4 is 56.7 Å². The van der Waals surface area contributed by atoms with Crippen LogP contribution in [0.25, 0.3) is 33.2 Å². The van der Waals surface area contributed by atoms with E-state index in [0.29, 0.717) is 56.1 Å². The highest BCUT2D eigenvalue weighted by Gasteiger charge is 2.19. The second-order valence-corrected chi connectivity index (χ2v) is 9.16. The molecule has 2 N–H and O–H groups in total. The molecule has 1 amide bonds. The number of amides is 1. The summed E-state index contributed by atoms with van der Waals surface area (Å²) in [6, 6.07) is 16.3. The summed E-state index contributed by atoms with van der Waals surface area (Å²) in [4.78, 5) is 42.0. The average molecular weight is 498 g/mol. The number of carbonyl (C=O) groups is 1. The van der Waals surface area contributed by atoms with Gasteiger partial charge in [-0.2, -0.15) is 4.98 Å². The highest BCUT2D eigenvalue weighted by molar-refractivity contribution is 7.98. The number of aromatic nitrogens is 4. The zero-order valence-corrected chi connectivity index (χ0v) is 20.1. The maximum absolute atomic E-state index is 12.8. The number of fused-ring (bicyclic) bond motifs is 4. The number of nitrogens with one attached hydrogen (secondary N) is 2. The van der Waals surface area contributed by atoms with Crippen LogP contribution in [0, 0.1) is 13.8 Å². The van der Waals surface area contributed by atoms with Crippen molar-refractivity contribution in [3.8, 4) is 0 Å². The van der Waals surface area contributed by atoms with Gasteiger partial charge in [-0.05, 0) is 38.1 Å². The van der Waals surface area contributed by atoms with E-state index in [4.69, 9.17) is 8.83 Å². The van der Waals surface area contributed by atoms with Gasteiger partial charge in [-0.25, -0.2) is 9.97 Å². The maximum atomic E-state index is 12.8. The Kier molecular flexibility index (Phi) is 5.30. The topological polar surface area (TPSA) is 127 Å². The first-order valence-electron chi connectivity index (χ1n) is 11.2. The largest absolute Gasteiger partial charge is 0.449 e. The van der Waals surface area contributed by atoms with Crippen LogP contribution in [0.3, 0.4) is 0 Å². The minimum Gasteiger partial charge on any atom is -0.449 e. The summed E-state index contributed by atoms with van der Waals surface area (Å²) in [5.74, 6) is 1.52. The molecule has 0 bridgehead atoms. The third-order valence-electron chi connectivity index (χ3n) is 5.89. The number of hydrogen-bond acceptors (Lipinski definition) is 8. The lowest BCUT2D eigenvalue weighted by molar-refractivity contribution is 0.102. The summed E-state index contributed by atoms with van der Waals surface area (Å²) in [5, 5.41) is 4.69. The first-order chi connectivity index (χ1) is 17.5. The van der Waals surface area contributed by atoms with Gasteiger partial charge in [0, 0.05) is 16.5 Å². The van der Waals surface area contributed by atoms with Gasteiger partial charge in [0.25, 0.3) is 11.5 Å². The number of furan rings is 2. The molecule has 6 rings (SSSR count). The lowest BCUT2D eigenvalue weighted by Gasteiger charge is -2.08. The van der Waals surface area contributed by atoms with E-state index in [1.807, 2.05) is 38.1 Å². The average Bonchev–Trinajstić information content (AvgIpc) is 3.40. The number of benzene rings is 2. The lowest BCUT2D eigenvalue weighted by Crippen LogP contribution is -2.14. The number of aromatic amines is 1. The van der Waals surface area contributed by atoms with Gasteiger partial charge in [0.05, 0.1) is 11.1 Å². The fourth-order valence-corrected chi connectivity index (χ4v) is 4.71. The molecule has 4 heterocycles. The van der Waals surface area contributed by atoms with Gasteiger partial charge >= 0.3 is 0 Å². The Labute approximate surface area is 208 Å². The van der Waals surface area contributed by atoms with Crippen molar-refractivity contribution < 1.29 is 13.6 Å². The number of para-hydroxylation sites is 1. The monoisotopic (exact) mass is 497 g/mol. The van der Waals surface area contributed by atoms with Gasteiger partial charge in [0.2, 0.25) is 11.3 Å². The van der Waals surface area contributed by atoms with Crippen molar-refractivity contribution in [2.75, 3.05) is 5.32 Å². The van der Waals surface area contributed by atoms with Crippen LogP contribution in [0.2, 0.25) is 0 Å². The van der Waals surface area contributed by atoms with Crippen molar-refractivity contribution in [1.82, 2.24) is 19.9 Å². The smallest absolute Gasteiger partial charge is 0.294 e. The van der Waals surface area contributed by atoms with E-state index in [2.05, 4.69) is 25.3 Å². The number of anilines is 1. The Morgan fingerprint density at radius 2 is 1.78 bits per heavy atom. The molecule has 10 heteroatoms. The number of carbonyl (C=O) groups excluding carboxylic acids is 1. The maximum Gasteiger partial charge on any atom is 0.294 e. The second kappa shape index (κ2) is 8.65. The van der Waals surface area contributed by atoms with Crippen LogP contribution in [-0.2, 0) is 5.75 Å². The van der Waals surface area contributed by atoms with Crippen LogP contribution in [-0.4, -0.2) is 25.8 Å². The molecule has 2 aromatic carbocycles. The van der Waals surface area contributed by atoms with Gasteiger partial charge in [0.1, 0.15) is 28.5 Å². The zero-order valence-electron chi connectivity index (χ0n) is 19.3. The SMILES string of the molecule is Cc1oc2nc(SCc3nc4c(oc5ccccc54)c(=O)[nH]3)nc(NC(=O)c3ccccc3)c2c1C. The third-order valence-corrected chi connectivity index (χ3v) is 6.75. The molecule has 0 aliphatic carbocycles. The van der Waals surface area contributed by atoms with Crippen molar-refractivity contribution in [2.24, 2.45) is 0 Å². The minimum atomic E-state index is -0.351. The first kappa shape index (κ1) is 22.1. The van der Waals surface area contributed by atoms with Crippen LogP contribution < -0.4 is 10.9 Å². The first-order valence-corrected chi connectivity index (χ1v) is 12.1. The van der Waals surface area contributed by atoms with Gasteiger partial charge < -0.3 is 19.1 Å². The molecule has 36 heavy (non-hydrogen) atoms. The van der Waals surface area contributed by atoms with Gasteiger partial charge in [0.15, 0.2) is 5.16 Å². The van der Waals surface area contributed by atoms with E-state index in [1.54, 1.807) is 30.3 Å². The Morgan fingerprint density at radius 3 is 2.61 bits per heavy atom. The highest BCUT2D eigenvalue weighted by atomic mass is 32.2. The van der Waals surface area contributed by atoms with Gasteiger partial charge in [-0.1, -0.05) is 42.1 Å². The molecule has 0 fully saturated rings. The van der Waals surface area contributed by atoms with Crippen LogP contribution in [0.15, 0.2) is 73.4 Å². The van der Waals surface area contributed by atoms with E-state index in [9.17, 15) is 9.59 Å². The second-order valence-electron chi connectivity index (χ2n) is 8.22. The van der Waals surface area contributed by atoms with E-state index in [1.165, 1.54) is 11.8 Å². The highest BCUT2D eigenvalue weighted by Crippen LogP contribution is 2.32. The number of hydrogen-bond donors (Lipinski definition) is 2. The summed E-state index contributed by atoms with van der Waals surface area (Å²) < 4.78 is 11.5. The molecule has 9 nitrogen and oxygen atoms in total. The number of nitrogens with zero attached hydrogens (tertiary/aromatic N) is 3. The normalized spacial score (nSPS) is 11.5. The van der Waals surface area contributed by atoms with E-state index in [0.717, 1.165) is 10.9 Å². The fourth-order valence-electron chi connectivity index (χ4n) is 4.00. The predicted octanol–water partition coefficient (Wildman–Crippen LogP) is 5.37. The molecule has 6 aromatic rings. The molecule has 0 saturated carbocycles. The molecular weight excluding hydrogens is 478 g/mol. The summed E-state index contributed by atoms with van der Waals surface area (Å²) >= 11 is 1.27. The Morgan fingerprint density at radius 1 is 1.00 bits per heavy atom. The molecule has 0 radical (unpaired) electrons. The quantitative estimate of drug-likeness (QED) is 0.240.